The van der Waals surface area contributed by atoms with Crippen molar-refractivity contribution in [3.05, 3.63) is 66.2 Å². The molecule has 3 rings (SSSR count). The fourth-order valence-electron chi connectivity index (χ4n) is 2.45. The summed E-state index contributed by atoms with van der Waals surface area (Å²) in [6.45, 7) is 4.53. The Bertz CT molecular complexity index is 569. The van der Waals surface area contributed by atoms with Crippen LogP contribution in [0.4, 0.5) is 5.69 Å². The van der Waals surface area contributed by atoms with Gasteiger partial charge in [0.2, 0.25) is 0 Å². The lowest BCUT2D eigenvalue weighted by Crippen LogP contribution is -1.97. The summed E-state index contributed by atoms with van der Waals surface area (Å²) < 4.78 is 0. The van der Waals surface area contributed by atoms with Crippen LogP contribution in [0.3, 0.4) is 0 Å². The number of nitrogens with one attached hydrogen (secondary N) is 1. The number of hydrogen-bond acceptors (Lipinski definition) is 1. The standard InChI is InChI=1S/C16H15N/c1-2-9-17-14-7-8-16-13(11-14)10-12-5-3-4-6-15(12)16/h2-8,11,17H,1,9-10H2. The minimum Gasteiger partial charge on any atom is -0.382 e. The third-order valence-electron chi connectivity index (χ3n) is 3.24. The van der Waals surface area contributed by atoms with Crippen LogP contribution >= 0.6 is 0 Å². The Morgan fingerprint density at radius 2 is 1.88 bits per heavy atom. The highest BCUT2D eigenvalue weighted by Gasteiger charge is 2.17. The van der Waals surface area contributed by atoms with E-state index in [1.807, 2.05) is 6.08 Å². The molecule has 2 aromatic rings. The highest BCUT2D eigenvalue weighted by atomic mass is 14.8. The van der Waals surface area contributed by atoms with Gasteiger partial charge >= 0.3 is 0 Å². The largest absolute Gasteiger partial charge is 0.382 e. The molecule has 2 aromatic carbocycles. The fourth-order valence-corrected chi connectivity index (χ4v) is 2.45. The summed E-state index contributed by atoms with van der Waals surface area (Å²) >= 11 is 0. The zero-order valence-corrected chi connectivity index (χ0v) is 9.74. The Kier molecular flexibility index (Phi) is 2.45. The van der Waals surface area contributed by atoms with Gasteiger partial charge in [0.15, 0.2) is 0 Å². The van der Waals surface area contributed by atoms with E-state index in [-0.39, 0.29) is 0 Å². The quantitative estimate of drug-likeness (QED) is 0.662. The lowest BCUT2D eigenvalue weighted by atomic mass is 10.1. The molecule has 84 valence electrons. The van der Waals surface area contributed by atoms with Crippen LogP contribution in [0.1, 0.15) is 11.1 Å². The first-order valence-electron chi connectivity index (χ1n) is 5.94. The maximum absolute atomic E-state index is 3.72. The molecule has 1 heteroatoms. The molecule has 1 N–H and O–H groups in total. The molecule has 1 nitrogen and oxygen atoms in total. The first-order valence-corrected chi connectivity index (χ1v) is 5.94. The Balaban J connectivity index is 1.98. The Morgan fingerprint density at radius 3 is 2.76 bits per heavy atom. The second-order valence-electron chi connectivity index (χ2n) is 4.38. The van der Waals surface area contributed by atoms with Gasteiger partial charge in [-0.3, -0.25) is 0 Å². The van der Waals surface area contributed by atoms with Crippen molar-refractivity contribution >= 4 is 5.69 Å². The first-order chi connectivity index (χ1) is 8.38. The van der Waals surface area contributed by atoms with Crippen molar-refractivity contribution in [3.8, 4) is 11.1 Å². The molecule has 0 saturated carbocycles. The summed E-state index contributed by atoms with van der Waals surface area (Å²) in [7, 11) is 0. The smallest absolute Gasteiger partial charge is 0.0345 e. The van der Waals surface area contributed by atoms with E-state index in [2.05, 4.69) is 54.4 Å². The lowest BCUT2D eigenvalue weighted by molar-refractivity contribution is 1.25. The molecule has 0 fully saturated rings. The molecular formula is C16H15N. The van der Waals surface area contributed by atoms with Crippen molar-refractivity contribution in [2.45, 2.75) is 6.42 Å². The second-order valence-corrected chi connectivity index (χ2v) is 4.38. The lowest BCUT2D eigenvalue weighted by Gasteiger charge is -2.06. The maximum atomic E-state index is 3.72. The summed E-state index contributed by atoms with van der Waals surface area (Å²) in [6.07, 6.45) is 2.93. The van der Waals surface area contributed by atoms with Gasteiger partial charge in [0.1, 0.15) is 0 Å². The summed E-state index contributed by atoms with van der Waals surface area (Å²) in [6, 6.07) is 15.2. The first kappa shape index (κ1) is 10.2. The minimum atomic E-state index is 0.811. The molecule has 0 unspecified atom stereocenters. The van der Waals surface area contributed by atoms with Gasteiger partial charge in [0.05, 0.1) is 0 Å². The van der Waals surface area contributed by atoms with Crippen molar-refractivity contribution in [1.29, 1.82) is 0 Å². The van der Waals surface area contributed by atoms with Gasteiger partial charge in [-0.25, -0.2) is 0 Å². The Labute approximate surface area is 102 Å². The number of fused-ring (bicyclic) bond motifs is 3. The minimum absolute atomic E-state index is 0.811. The van der Waals surface area contributed by atoms with Crippen LogP contribution in [-0.2, 0) is 6.42 Å². The third-order valence-corrected chi connectivity index (χ3v) is 3.24. The summed E-state index contributed by atoms with van der Waals surface area (Å²) in [5, 5.41) is 3.33. The van der Waals surface area contributed by atoms with E-state index >= 15 is 0 Å². The number of hydrogen-bond donors (Lipinski definition) is 1. The van der Waals surface area contributed by atoms with Crippen LogP contribution in [0.5, 0.6) is 0 Å². The highest BCUT2D eigenvalue weighted by molar-refractivity contribution is 5.78. The summed E-state index contributed by atoms with van der Waals surface area (Å²) in [5.41, 5.74) is 6.79. The van der Waals surface area contributed by atoms with Crippen molar-refractivity contribution in [3.63, 3.8) is 0 Å². The average molecular weight is 221 g/mol. The van der Waals surface area contributed by atoms with Crippen molar-refractivity contribution < 1.29 is 0 Å². The van der Waals surface area contributed by atoms with E-state index in [4.69, 9.17) is 0 Å². The molecule has 0 radical (unpaired) electrons. The Morgan fingerprint density at radius 1 is 1.06 bits per heavy atom. The van der Waals surface area contributed by atoms with Crippen LogP contribution in [0.15, 0.2) is 55.1 Å². The van der Waals surface area contributed by atoms with E-state index in [1.54, 1.807) is 0 Å². The maximum Gasteiger partial charge on any atom is 0.0345 e. The average Bonchev–Trinajstić information content (AvgIpc) is 2.74. The van der Waals surface area contributed by atoms with E-state index in [1.165, 1.54) is 27.9 Å². The van der Waals surface area contributed by atoms with Gasteiger partial charge in [0, 0.05) is 12.2 Å². The van der Waals surface area contributed by atoms with Crippen LogP contribution < -0.4 is 5.32 Å². The van der Waals surface area contributed by atoms with Gasteiger partial charge in [-0.1, -0.05) is 36.4 Å². The fraction of sp³-hybridized carbons (Fsp3) is 0.125. The number of benzene rings is 2. The molecule has 0 aromatic heterocycles. The molecule has 0 heterocycles. The van der Waals surface area contributed by atoms with Crippen LogP contribution in [0.2, 0.25) is 0 Å². The molecule has 1 aliphatic carbocycles. The molecule has 1 aliphatic rings. The van der Waals surface area contributed by atoms with Crippen LogP contribution in [0.25, 0.3) is 11.1 Å². The monoisotopic (exact) mass is 221 g/mol. The van der Waals surface area contributed by atoms with E-state index in [9.17, 15) is 0 Å². The normalized spacial score (nSPS) is 11.8. The molecule has 0 spiro atoms. The highest BCUT2D eigenvalue weighted by Crippen LogP contribution is 2.37. The molecule has 0 aliphatic heterocycles. The summed E-state index contributed by atoms with van der Waals surface area (Å²) in [5.74, 6) is 0. The van der Waals surface area contributed by atoms with Crippen LogP contribution in [0, 0.1) is 0 Å². The van der Waals surface area contributed by atoms with Gasteiger partial charge in [-0.2, -0.15) is 0 Å². The zero-order chi connectivity index (χ0) is 11.7. The van der Waals surface area contributed by atoms with E-state index < -0.39 is 0 Å². The molecule has 17 heavy (non-hydrogen) atoms. The molecular weight excluding hydrogens is 206 g/mol. The Hall–Kier alpha value is -2.02. The molecule has 0 amide bonds. The SMILES string of the molecule is C=CCNc1ccc2c(c1)Cc1ccccc1-2. The molecule has 0 atom stereocenters. The van der Waals surface area contributed by atoms with Gasteiger partial charge in [-0.05, 0) is 40.8 Å². The number of anilines is 1. The van der Waals surface area contributed by atoms with Crippen molar-refractivity contribution in [2.24, 2.45) is 0 Å². The van der Waals surface area contributed by atoms with Crippen LogP contribution in [-0.4, -0.2) is 6.54 Å². The van der Waals surface area contributed by atoms with E-state index in [0.717, 1.165) is 13.0 Å². The van der Waals surface area contributed by atoms with Gasteiger partial charge in [0.25, 0.3) is 0 Å². The second kappa shape index (κ2) is 4.10. The van der Waals surface area contributed by atoms with E-state index in [0.29, 0.717) is 0 Å². The van der Waals surface area contributed by atoms with Gasteiger partial charge in [-0.15, -0.1) is 6.58 Å². The molecule has 0 saturated heterocycles. The predicted octanol–water partition coefficient (Wildman–Crippen LogP) is 3.86. The zero-order valence-electron chi connectivity index (χ0n) is 9.74. The van der Waals surface area contributed by atoms with Crippen molar-refractivity contribution in [1.82, 2.24) is 0 Å². The van der Waals surface area contributed by atoms with Crippen molar-refractivity contribution in [2.75, 3.05) is 11.9 Å². The third kappa shape index (κ3) is 1.74. The number of rotatable bonds is 3. The van der Waals surface area contributed by atoms with Gasteiger partial charge < -0.3 is 5.32 Å². The summed E-state index contributed by atoms with van der Waals surface area (Å²) in [4.78, 5) is 0. The predicted molar refractivity (Wildman–Crippen MR) is 73.4 cm³/mol. The molecule has 0 bridgehead atoms. The topological polar surface area (TPSA) is 12.0 Å².